The summed E-state index contributed by atoms with van der Waals surface area (Å²) in [5.41, 5.74) is 0.878. The number of likely N-dealkylation sites (N-methyl/N-ethyl adjacent to an activating group) is 1. The van der Waals surface area contributed by atoms with Crippen molar-refractivity contribution in [2.24, 2.45) is 0 Å². The number of aromatic nitrogens is 2. The third-order valence-electron chi connectivity index (χ3n) is 5.92. The average molecular weight is 465 g/mol. The Kier molecular flexibility index (Phi) is 6.50. The summed E-state index contributed by atoms with van der Waals surface area (Å²) in [7, 11) is -0.399. The molecule has 2 aliphatic rings. The van der Waals surface area contributed by atoms with Gasteiger partial charge in [0.2, 0.25) is 16.0 Å². The number of rotatable bonds is 5. The van der Waals surface area contributed by atoms with E-state index in [2.05, 4.69) is 21.8 Å². The molecular formula is C21H29FN6O3S. The molecule has 0 saturated carbocycles. The molecule has 3 heterocycles. The van der Waals surface area contributed by atoms with Gasteiger partial charge in [-0.25, -0.2) is 17.8 Å². The van der Waals surface area contributed by atoms with Crippen LogP contribution < -0.4 is 14.5 Å². The second kappa shape index (κ2) is 9.16. The molecule has 11 heteroatoms. The molecule has 0 aliphatic carbocycles. The Morgan fingerprint density at radius 3 is 2.25 bits per heavy atom. The molecule has 2 aromatic rings. The lowest BCUT2D eigenvalue weighted by Crippen LogP contribution is -2.49. The lowest BCUT2D eigenvalue weighted by atomic mass is 10.3. The van der Waals surface area contributed by atoms with Crippen molar-refractivity contribution in [3.63, 3.8) is 0 Å². The molecule has 0 atom stereocenters. The SMILES string of the molecule is COc1ccc(F)cc1S(=O)(=O)N1CCN(c2nc(C)cc(N3CCN(C)CC3)n2)CC1. The van der Waals surface area contributed by atoms with E-state index >= 15 is 0 Å². The predicted octanol–water partition coefficient (Wildman–Crippen LogP) is 1.20. The fourth-order valence-corrected chi connectivity index (χ4v) is 5.58. The van der Waals surface area contributed by atoms with Crippen LogP contribution >= 0.6 is 0 Å². The summed E-state index contributed by atoms with van der Waals surface area (Å²) < 4.78 is 46.5. The van der Waals surface area contributed by atoms with E-state index in [0.717, 1.165) is 43.8 Å². The number of sulfonamides is 1. The third-order valence-corrected chi connectivity index (χ3v) is 7.84. The molecule has 2 fully saturated rings. The topological polar surface area (TPSA) is 82.1 Å². The van der Waals surface area contributed by atoms with Gasteiger partial charge in [0.05, 0.1) is 7.11 Å². The van der Waals surface area contributed by atoms with Crippen LogP contribution in [0.4, 0.5) is 16.2 Å². The van der Waals surface area contributed by atoms with Gasteiger partial charge in [-0.15, -0.1) is 0 Å². The fourth-order valence-electron chi connectivity index (χ4n) is 4.00. The quantitative estimate of drug-likeness (QED) is 0.653. The van der Waals surface area contributed by atoms with Crippen molar-refractivity contribution in [2.45, 2.75) is 11.8 Å². The number of ether oxygens (including phenoxy) is 1. The first-order valence-electron chi connectivity index (χ1n) is 10.7. The van der Waals surface area contributed by atoms with Crippen molar-refractivity contribution >= 4 is 21.8 Å². The number of nitrogens with zero attached hydrogens (tertiary/aromatic N) is 6. The number of aryl methyl sites for hydroxylation is 1. The zero-order chi connectivity index (χ0) is 22.9. The fraction of sp³-hybridized carbons (Fsp3) is 0.524. The van der Waals surface area contributed by atoms with Crippen molar-refractivity contribution < 1.29 is 17.5 Å². The normalized spacial score (nSPS) is 18.8. The van der Waals surface area contributed by atoms with E-state index in [4.69, 9.17) is 9.72 Å². The van der Waals surface area contributed by atoms with Crippen molar-refractivity contribution in [2.75, 3.05) is 76.3 Å². The largest absolute Gasteiger partial charge is 0.495 e. The van der Waals surface area contributed by atoms with Gasteiger partial charge in [-0.3, -0.25) is 0 Å². The molecule has 4 rings (SSSR count). The van der Waals surface area contributed by atoms with E-state index < -0.39 is 15.8 Å². The van der Waals surface area contributed by atoms with Gasteiger partial charge < -0.3 is 19.4 Å². The highest BCUT2D eigenvalue weighted by Crippen LogP contribution is 2.29. The Morgan fingerprint density at radius 2 is 1.59 bits per heavy atom. The summed E-state index contributed by atoms with van der Waals surface area (Å²) in [6.45, 7) is 7.14. The molecule has 2 aliphatic heterocycles. The first-order valence-corrected chi connectivity index (χ1v) is 12.1. The molecule has 0 spiro atoms. The van der Waals surface area contributed by atoms with Gasteiger partial charge in [-0.05, 0) is 32.2 Å². The first kappa shape index (κ1) is 22.7. The van der Waals surface area contributed by atoms with Crippen molar-refractivity contribution in [1.82, 2.24) is 19.2 Å². The molecule has 0 bridgehead atoms. The number of methoxy groups -OCH3 is 1. The predicted molar refractivity (Wildman–Crippen MR) is 120 cm³/mol. The van der Waals surface area contributed by atoms with Crippen molar-refractivity contribution in [3.05, 3.63) is 35.8 Å². The maximum atomic E-state index is 13.7. The van der Waals surface area contributed by atoms with Crippen LogP contribution in [0.5, 0.6) is 5.75 Å². The Bertz CT molecular complexity index is 1070. The van der Waals surface area contributed by atoms with Crippen molar-refractivity contribution in [1.29, 1.82) is 0 Å². The number of hydrogen-bond acceptors (Lipinski definition) is 8. The molecule has 2 saturated heterocycles. The molecule has 9 nitrogen and oxygen atoms in total. The Hall–Kier alpha value is -2.50. The van der Waals surface area contributed by atoms with Crippen LogP contribution in [-0.4, -0.2) is 94.1 Å². The summed E-state index contributed by atoms with van der Waals surface area (Å²) in [6, 6.07) is 5.51. The number of benzene rings is 1. The van der Waals surface area contributed by atoms with E-state index in [1.807, 2.05) is 17.9 Å². The van der Waals surface area contributed by atoms with Gasteiger partial charge in [0.1, 0.15) is 22.3 Å². The van der Waals surface area contributed by atoms with Crippen LogP contribution in [0.2, 0.25) is 0 Å². The van der Waals surface area contributed by atoms with E-state index in [9.17, 15) is 12.8 Å². The van der Waals surface area contributed by atoms with E-state index in [1.165, 1.54) is 23.5 Å². The van der Waals surface area contributed by atoms with Gasteiger partial charge in [-0.1, -0.05) is 0 Å². The van der Waals surface area contributed by atoms with Gasteiger partial charge in [0, 0.05) is 64.1 Å². The summed E-state index contributed by atoms with van der Waals surface area (Å²) >= 11 is 0. The number of anilines is 2. The van der Waals surface area contributed by atoms with Gasteiger partial charge in [0.15, 0.2) is 0 Å². The van der Waals surface area contributed by atoms with Crippen LogP contribution in [0.3, 0.4) is 0 Å². The molecular weight excluding hydrogens is 435 g/mol. The number of hydrogen-bond donors (Lipinski definition) is 0. The lowest BCUT2D eigenvalue weighted by molar-refractivity contribution is 0.312. The van der Waals surface area contributed by atoms with Crippen LogP contribution in [0.1, 0.15) is 5.69 Å². The highest BCUT2D eigenvalue weighted by atomic mass is 32.2. The Balaban J connectivity index is 1.49. The Labute approximate surface area is 188 Å². The van der Waals surface area contributed by atoms with E-state index in [-0.39, 0.29) is 23.7 Å². The zero-order valence-electron chi connectivity index (χ0n) is 18.7. The smallest absolute Gasteiger partial charge is 0.246 e. The number of piperazine rings is 2. The second-order valence-electron chi connectivity index (χ2n) is 8.14. The highest BCUT2D eigenvalue weighted by molar-refractivity contribution is 7.89. The molecule has 0 unspecified atom stereocenters. The highest BCUT2D eigenvalue weighted by Gasteiger charge is 2.32. The molecule has 0 N–H and O–H groups in total. The van der Waals surface area contributed by atoms with Gasteiger partial charge in [0.25, 0.3) is 0 Å². The zero-order valence-corrected chi connectivity index (χ0v) is 19.5. The van der Waals surface area contributed by atoms with Crippen LogP contribution in [-0.2, 0) is 10.0 Å². The summed E-state index contributed by atoms with van der Waals surface area (Å²) in [5.74, 6) is 1.03. The minimum atomic E-state index is -3.88. The Morgan fingerprint density at radius 1 is 0.938 bits per heavy atom. The third kappa shape index (κ3) is 4.64. The van der Waals surface area contributed by atoms with Gasteiger partial charge in [-0.2, -0.15) is 9.29 Å². The molecule has 32 heavy (non-hydrogen) atoms. The molecule has 174 valence electrons. The van der Waals surface area contributed by atoms with Crippen LogP contribution in [0, 0.1) is 12.7 Å². The standard InChI is InChI=1S/C21H29FN6O3S/c1-16-14-20(26-8-6-25(2)7-9-26)24-21(23-16)27-10-12-28(13-11-27)32(29,30)19-15-17(22)4-5-18(19)31-3/h4-5,14-15H,6-13H2,1-3H3. The second-order valence-corrected chi connectivity index (χ2v) is 10.1. The summed E-state index contributed by atoms with van der Waals surface area (Å²) in [6.07, 6.45) is 0. The van der Waals surface area contributed by atoms with Gasteiger partial charge >= 0.3 is 0 Å². The summed E-state index contributed by atoms with van der Waals surface area (Å²) in [5, 5.41) is 0. The molecule has 1 aromatic carbocycles. The maximum absolute atomic E-state index is 13.7. The molecule has 0 amide bonds. The van der Waals surface area contributed by atoms with Crippen LogP contribution in [0.25, 0.3) is 0 Å². The molecule has 1 aromatic heterocycles. The minimum Gasteiger partial charge on any atom is -0.495 e. The van der Waals surface area contributed by atoms with Crippen molar-refractivity contribution in [3.8, 4) is 5.75 Å². The van der Waals surface area contributed by atoms with E-state index in [0.29, 0.717) is 19.0 Å². The number of halogens is 1. The van der Waals surface area contributed by atoms with E-state index in [1.54, 1.807) is 0 Å². The lowest BCUT2D eigenvalue weighted by Gasteiger charge is -2.36. The first-order chi connectivity index (χ1) is 15.3. The summed E-state index contributed by atoms with van der Waals surface area (Å²) in [4.78, 5) is 15.8. The average Bonchev–Trinajstić information content (AvgIpc) is 2.79. The monoisotopic (exact) mass is 464 g/mol. The minimum absolute atomic E-state index is 0.132. The maximum Gasteiger partial charge on any atom is 0.246 e. The van der Waals surface area contributed by atoms with Crippen LogP contribution in [0.15, 0.2) is 29.2 Å². The molecule has 0 radical (unpaired) electrons.